The van der Waals surface area contributed by atoms with Gasteiger partial charge in [0.1, 0.15) is 0 Å². The van der Waals surface area contributed by atoms with E-state index in [4.69, 9.17) is 5.73 Å². The van der Waals surface area contributed by atoms with Crippen LogP contribution in [0.1, 0.15) is 4.88 Å². The summed E-state index contributed by atoms with van der Waals surface area (Å²) in [6, 6.07) is 14.8. The second-order valence-corrected chi connectivity index (χ2v) is 5.50. The molecule has 0 unspecified atom stereocenters. The lowest BCUT2D eigenvalue weighted by Crippen LogP contribution is -2.08. The SMILES string of the molecule is CN(c1ccc2ccccc2c1)c1ncc(CN)s1. The first-order chi connectivity index (χ1) is 9.28. The fourth-order valence-electron chi connectivity index (χ4n) is 2.04. The van der Waals surface area contributed by atoms with Gasteiger partial charge in [-0.05, 0) is 22.9 Å². The summed E-state index contributed by atoms with van der Waals surface area (Å²) in [4.78, 5) is 7.60. The number of fused-ring (bicyclic) bond motifs is 1. The van der Waals surface area contributed by atoms with Crippen LogP contribution < -0.4 is 10.6 Å². The molecule has 0 spiro atoms. The molecular weight excluding hydrogens is 254 g/mol. The third-order valence-corrected chi connectivity index (χ3v) is 4.25. The van der Waals surface area contributed by atoms with Gasteiger partial charge in [0, 0.05) is 30.4 Å². The Morgan fingerprint density at radius 3 is 2.68 bits per heavy atom. The van der Waals surface area contributed by atoms with Crippen molar-refractivity contribution in [3.8, 4) is 0 Å². The molecule has 2 N–H and O–H groups in total. The molecule has 0 atom stereocenters. The van der Waals surface area contributed by atoms with Crippen molar-refractivity contribution in [2.45, 2.75) is 6.54 Å². The Bertz CT molecular complexity index is 705. The van der Waals surface area contributed by atoms with Crippen LogP contribution in [0.4, 0.5) is 10.8 Å². The molecule has 1 aromatic heterocycles. The van der Waals surface area contributed by atoms with Crippen LogP contribution in [0.3, 0.4) is 0 Å². The van der Waals surface area contributed by atoms with E-state index in [0.717, 1.165) is 15.7 Å². The van der Waals surface area contributed by atoms with Crippen LogP contribution in [0, 0.1) is 0 Å². The molecule has 3 aromatic rings. The third kappa shape index (κ3) is 2.32. The molecule has 4 heteroatoms. The van der Waals surface area contributed by atoms with Crippen molar-refractivity contribution in [1.29, 1.82) is 0 Å². The van der Waals surface area contributed by atoms with Crippen molar-refractivity contribution in [2.75, 3.05) is 11.9 Å². The van der Waals surface area contributed by atoms with Gasteiger partial charge in [0.25, 0.3) is 0 Å². The lowest BCUT2D eigenvalue weighted by molar-refractivity contribution is 1.09. The minimum absolute atomic E-state index is 0.545. The van der Waals surface area contributed by atoms with Crippen molar-refractivity contribution < 1.29 is 0 Å². The van der Waals surface area contributed by atoms with Gasteiger partial charge >= 0.3 is 0 Å². The Morgan fingerprint density at radius 2 is 1.95 bits per heavy atom. The molecular formula is C15H15N3S. The highest BCUT2D eigenvalue weighted by Gasteiger charge is 2.09. The van der Waals surface area contributed by atoms with Gasteiger partial charge in [-0.1, -0.05) is 30.3 Å². The Labute approximate surface area is 116 Å². The molecule has 3 rings (SSSR count). The summed E-state index contributed by atoms with van der Waals surface area (Å²) in [6.07, 6.45) is 1.84. The topological polar surface area (TPSA) is 42.2 Å². The zero-order chi connectivity index (χ0) is 13.2. The van der Waals surface area contributed by atoms with Gasteiger partial charge in [0.05, 0.1) is 0 Å². The zero-order valence-corrected chi connectivity index (χ0v) is 11.5. The van der Waals surface area contributed by atoms with E-state index in [-0.39, 0.29) is 0 Å². The second-order valence-electron chi connectivity index (χ2n) is 4.40. The maximum atomic E-state index is 5.63. The first kappa shape index (κ1) is 12.1. The summed E-state index contributed by atoms with van der Waals surface area (Å²) in [6.45, 7) is 0.545. The van der Waals surface area contributed by atoms with Crippen molar-refractivity contribution in [3.63, 3.8) is 0 Å². The van der Waals surface area contributed by atoms with Gasteiger partial charge < -0.3 is 10.6 Å². The number of aromatic nitrogens is 1. The highest BCUT2D eigenvalue weighted by Crippen LogP contribution is 2.29. The first-order valence-electron chi connectivity index (χ1n) is 6.15. The largest absolute Gasteiger partial charge is 0.326 e. The monoisotopic (exact) mass is 269 g/mol. The van der Waals surface area contributed by atoms with E-state index in [2.05, 4.69) is 52.3 Å². The molecule has 0 saturated carbocycles. The van der Waals surface area contributed by atoms with Gasteiger partial charge in [-0.15, -0.1) is 11.3 Å². The molecule has 19 heavy (non-hydrogen) atoms. The van der Waals surface area contributed by atoms with Gasteiger partial charge in [-0.3, -0.25) is 0 Å². The molecule has 0 radical (unpaired) electrons. The van der Waals surface area contributed by atoms with E-state index >= 15 is 0 Å². The highest BCUT2D eigenvalue weighted by molar-refractivity contribution is 7.15. The van der Waals surface area contributed by atoms with Crippen molar-refractivity contribution in [1.82, 2.24) is 4.98 Å². The molecule has 96 valence electrons. The smallest absolute Gasteiger partial charge is 0.189 e. The average molecular weight is 269 g/mol. The quantitative estimate of drug-likeness (QED) is 0.791. The standard InChI is InChI=1S/C15H15N3S/c1-18(15-17-10-14(9-16)19-15)13-7-6-11-4-2-3-5-12(11)8-13/h2-8,10H,9,16H2,1H3. The molecule has 0 saturated heterocycles. The number of hydrogen-bond acceptors (Lipinski definition) is 4. The molecule has 0 bridgehead atoms. The van der Waals surface area contributed by atoms with Crippen molar-refractivity contribution >= 4 is 32.9 Å². The van der Waals surface area contributed by atoms with E-state index < -0.39 is 0 Å². The highest BCUT2D eigenvalue weighted by atomic mass is 32.1. The van der Waals surface area contributed by atoms with Crippen LogP contribution in [0.15, 0.2) is 48.7 Å². The average Bonchev–Trinajstić information content (AvgIpc) is 2.95. The maximum absolute atomic E-state index is 5.63. The molecule has 0 aliphatic rings. The second kappa shape index (κ2) is 4.99. The molecule has 0 amide bonds. The first-order valence-corrected chi connectivity index (χ1v) is 6.97. The lowest BCUT2D eigenvalue weighted by atomic mass is 10.1. The van der Waals surface area contributed by atoms with E-state index in [9.17, 15) is 0 Å². The number of anilines is 2. The Hall–Kier alpha value is -1.91. The summed E-state index contributed by atoms with van der Waals surface area (Å²) in [5.41, 5.74) is 6.76. The minimum Gasteiger partial charge on any atom is -0.326 e. The van der Waals surface area contributed by atoms with Crippen LogP contribution in [-0.4, -0.2) is 12.0 Å². The number of rotatable bonds is 3. The summed E-state index contributed by atoms with van der Waals surface area (Å²) in [5.74, 6) is 0. The number of hydrogen-bond donors (Lipinski definition) is 1. The van der Waals surface area contributed by atoms with Crippen molar-refractivity contribution in [3.05, 3.63) is 53.5 Å². The fraction of sp³-hybridized carbons (Fsp3) is 0.133. The molecule has 1 heterocycles. The van der Waals surface area contributed by atoms with Gasteiger partial charge in [0.2, 0.25) is 0 Å². The number of nitrogens with zero attached hydrogens (tertiary/aromatic N) is 2. The molecule has 0 aliphatic carbocycles. The maximum Gasteiger partial charge on any atom is 0.189 e. The normalized spacial score (nSPS) is 10.8. The van der Waals surface area contributed by atoms with E-state index in [1.165, 1.54) is 10.8 Å². The van der Waals surface area contributed by atoms with Gasteiger partial charge in [-0.2, -0.15) is 0 Å². The lowest BCUT2D eigenvalue weighted by Gasteiger charge is -2.16. The fourth-order valence-corrected chi connectivity index (χ4v) is 2.81. The minimum atomic E-state index is 0.545. The third-order valence-electron chi connectivity index (χ3n) is 3.15. The van der Waals surface area contributed by atoms with E-state index in [1.807, 2.05) is 13.2 Å². The Balaban J connectivity index is 1.98. The molecule has 2 aromatic carbocycles. The predicted molar refractivity (Wildman–Crippen MR) is 82.0 cm³/mol. The van der Waals surface area contributed by atoms with Crippen LogP contribution in [-0.2, 0) is 6.54 Å². The van der Waals surface area contributed by atoms with E-state index in [1.54, 1.807) is 11.3 Å². The van der Waals surface area contributed by atoms with Gasteiger partial charge in [0.15, 0.2) is 5.13 Å². The summed E-state index contributed by atoms with van der Waals surface area (Å²) < 4.78 is 0. The molecule has 3 nitrogen and oxygen atoms in total. The summed E-state index contributed by atoms with van der Waals surface area (Å²) in [5, 5.41) is 3.46. The van der Waals surface area contributed by atoms with Crippen LogP contribution >= 0.6 is 11.3 Å². The van der Waals surface area contributed by atoms with E-state index in [0.29, 0.717) is 6.54 Å². The Kier molecular flexibility index (Phi) is 3.19. The van der Waals surface area contributed by atoms with Crippen LogP contribution in [0.5, 0.6) is 0 Å². The Morgan fingerprint density at radius 1 is 1.16 bits per heavy atom. The zero-order valence-electron chi connectivity index (χ0n) is 10.7. The predicted octanol–water partition coefficient (Wildman–Crippen LogP) is 3.52. The molecule has 0 aliphatic heterocycles. The van der Waals surface area contributed by atoms with Crippen LogP contribution in [0.2, 0.25) is 0 Å². The number of thiazole rings is 1. The summed E-state index contributed by atoms with van der Waals surface area (Å²) in [7, 11) is 2.03. The van der Waals surface area contributed by atoms with Crippen molar-refractivity contribution in [2.24, 2.45) is 5.73 Å². The van der Waals surface area contributed by atoms with Gasteiger partial charge in [-0.25, -0.2) is 4.98 Å². The number of benzene rings is 2. The number of nitrogens with two attached hydrogens (primary N) is 1. The summed E-state index contributed by atoms with van der Waals surface area (Å²) >= 11 is 1.63. The van der Waals surface area contributed by atoms with Crippen LogP contribution in [0.25, 0.3) is 10.8 Å². The molecule has 0 fully saturated rings.